The van der Waals surface area contributed by atoms with E-state index in [2.05, 4.69) is 15.9 Å². The Bertz CT molecular complexity index is 595. The van der Waals surface area contributed by atoms with Gasteiger partial charge in [-0.3, -0.25) is 0 Å². The van der Waals surface area contributed by atoms with E-state index in [1.807, 2.05) is 0 Å². The molecule has 2 nitrogen and oxygen atoms in total. The topological polar surface area (TPSA) is 25.8 Å². The smallest absolute Gasteiger partial charge is 0.237 e. The summed E-state index contributed by atoms with van der Waals surface area (Å²) in [6, 6.07) is 7.26. The highest BCUT2D eigenvalue weighted by molar-refractivity contribution is 5.56. The van der Waals surface area contributed by atoms with Crippen LogP contribution in [0.1, 0.15) is 11.3 Å². The lowest BCUT2D eigenvalue weighted by atomic mass is 10.1. The lowest BCUT2D eigenvalue weighted by Crippen LogP contribution is -2.08. The van der Waals surface area contributed by atoms with Crippen LogP contribution in [0.25, 0.3) is 11.4 Å². The number of aromatic nitrogens is 2. The quantitative estimate of drug-likeness (QED) is 0.724. The molecular weight excluding hydrogens is 241 g/mol. The average Bonchev–Trinajstić information content (AvgIpc) is 2.38. The van der Waals surface area contributed by atoms with Gasteiger partial charge in [0, 0.05) is 17.3 Å². The van der Waals surface area contributed by atoms with Crippen LogP contribution in [0.4, 0.5) is 13.2 Å². The van der Waals surface area contributed by atoms with E-state index in [1.165, 1.54) is 0 Å². The molecule has 0 N–H and O–H groups in total. The molecule has 0 aliphatic rings. The van der Waals surface area contributed by atoms with Gasteiger partial charge < -0.3 is 0 Å². The first-order valence-electron chi connectivity index (χ1n) is 4.98. The molecule has 2 rings (SSSR count). The lowest BCUT2D eigenvalue weighted by molar-refractivity contribution is -0.141. The van der Waals surface area contributed by atoms with Crippen LogP contribution in [0, 0.1) is 12.3 Å². The van der Waals surface area contributed by atoms with Crippen molar-refractivity contribution in [1.82, 2.24) is 9.97 Å². The van der Waals surface area contributed by atoms with E-state index in [0.29, 0.717) is 11.1 Å². The highest BCUT2D eigenvalue weighted by atomic mass is 19.4. The Morgan fingerprint density at radius 1 is 1.06 bits per heavy atom. The summed E-state index contributed by atoms with van der Waals surface area (Å²) in [5.41, 5.74) is 0.166. The molecule has 2 aromatic rings. The van der Waals surface area contributed by atoms with E-state index in [0.717, 1.165) is 12.3 Å². The molecule has 0 atom stereocenters. The fourth-order valence-electron chi connectivity index (χ4n) is 1.37. The van der Waals surface area contributed by atoms with Crippen LogP contribution in [0.2, 0.25) is 0 Å². The van der Waals surface area contributed by atoms with Crippen LogP contribution >= 0.6 is 0 Å². The summed E-state index contributed by atoms with van der Waals surface area (Å²) in [6.07, 6.45) is 1.80. The Kier molecular flexibility index (Phi) is 3.02. The molecule has 0 spiro atoms. The van der Waals surface area contributed by atoms with Gasteiger partial charge in [0.1, 0.15) is 5.69 Å². The fourth-order valence-corrected chi connectivity index (χ4v) is 1.37. The molecule has 1 aromatic heterocycles. The standard InChI is InChI=1S/C13H7F3N2/c1-2-9-3-5-10(6-4-9)12-17-8-7-11(18-12)13(14,15)16/h1,3-8H. The minimum atomic E-state index is -4.48. The highest BCUT2D eigenvalue weighted by Gasteiger charge is 2.32. The molecule has 0 bridgehead atoms. The zero-order valence-electron chi connectivity index (χ0n) is 9.07. The molecule has 0 aliphatic heterocycles. The van der Waals surface area contributed by atoms with Crippen molar-refractivity contribution in [3.63, 3.8) is 0 Å². The zero-order chi connectivity index (χ0) is 13.2. The minimum absolute atomic E-state index is 0.0217. The van der Waals surface area contributed by atoms with Gasteiger partial charge in [0.15, 0.2) is 5.82 Å². The predicted octanol–water partition coefficient (Wildman–Crippen LogP) is 3.14. The minimum Gasteiger partial charge on any atom is -0.237 e. The molecule has 0 unspecified atom stereocenters. The van der Waals surface area contributed by atoms with Crippen LogP contribution < -0.4 is 0 Å². The van der Waals surface area contributed by atoms with E-state index in [1.54, 1.807) is 24.3 Å². The second kappa shape index (κ2) is 4.49. The molecule has 0 aliphatic carbocycles. The normalized spacial score (nSPS) is 11.0. The Balaban J connectivity index is 2.42. The third kappa shape index (κ3) is 2.48. The number of hydrogen-bond acceptors (Lipinski definition) is 2. The Morgan fingerprint density at radius 3 is 2.28 bits per heavy atom. The maximum absolute atomic E-state index is 12.5. The van der Waals surface area contributed by atoms with Crippen LogP contribution in [-0.4, -0.2) is 9.97 Å². The van der Waals surface area contributed by atoms with Crippen molar-refractivity contribution >= 4 is 0 Å². The maximum atomic E-state index is 12.5. The van der Waals surface area contributed by atoms with Gasteiger partial charge in [-0.15, -0.1) is 6.42 Å². The second-order valence-corrected chi connectivity index (χ2v) is 3.48. The lowest BCUT2D eigenvalue weighted by Gasteiger charge is -2.06. The molecule has 90 valence electrons. The summed E-state index contributed by atoms with van der Waals surface area (Å²) in [5, 5.41) is 0. The molecule has 0 saturated heterocycles. The average molecular weight is 248 g/mol. The first kappa shape index (κ1) is 12.1. The van der Waals surface area contributed by atoms with Crippen LogP contribution in [0.15, 0.2) is 36.5 Å². The first-order valence-corrected chi connectivity index (χ1v) is 4.98. The van der Waals surface area contributed by atoms with Crippen molar-refractivity contribution in [3.8, 4) is 23.7 Å². The summed E-state index contributed by atoms with van der Waals surface area (Å²) in [7, 11) is 0. The molecule has 0 radical (unpaired) electrons. The van der Waals surface area contributed by atoms with Crippen LogP contribution in [0.5, 0.6) is 0 Å². The maximum Gasteiger partial charge on any atom is 0.433 e. The number of halogens is 3. The van der Waals surface area contributed by atoms with Crippen molar-refractivity contribution in [3.05, 3.63) is 47.8 Å². The summed E-state index contributed by atoms with van der Waals surface area (Å²) in [5.74, 6) is 2.44. The van der Waals surface area contributed by atoms with Gasteiger partial charge in [-0.25, -0.2) is 9.97 Å². The van der Waals surface area contributed by atoms with E-state index in [-0.39, 0.29) is 5.82 Å². The third-order valence-electron chi connectivity index (χ3n) is 2.26. The molecule has 1 heterocycles. The number of alkyl halides is 3. The highest BCUT2D eigenvalue weighted by Crippen LogP contribution is 2.28. The van der Waals surface area contributed by atoms with E-state index >= 15 is 0 Å². The van der Waals surface area contributed by atoms with Gasteiger partial charge in [0.2, 0.25) is 0 Å². The van der Waals surface area contributed by atoms with Gasteiger partial charge in [-0.1, -0.05) is 5.92 Å². The van der Waals surface area contributed by atoms with Crippen molar-refractivity contribution in [2.75, 3.05) is 0 Å². The number of hydrogen-bond donors (Lipinski definition) is 0. The second-order valence-electron chi connectivity index (χ2n) is 3.48. The molecule has 0 fully saturated rings. The number of rotatable bonds is 1. The first-order chi connectivity index (χ1) is 8.50. The molecule has 0 saturated carbocycles. The van der Waals surface area contributed by atoms with Gasteiger partial charge in [0.05, 0.1) is 0 Å². The summed E-state index contributed by atoms with van der Waals surface area (Å²) >= 11 is 0. The Morgan fingerprint density at radius 2 is 1.72 bits per heavy atom. The number of benzene rings is 1. The van der Waals surface area contributed by atoms with E-state index in [4.69, 9.17) is 6.42 Å². The largest absolute Gasteiger partial charge is 0.433 e. The number of terminal acetylenes is 1. The molecule has 0 amide bonds. The zero-order valence-corrected chi connectivity index (χ0v) is 9.07. The number of nitrogens with zero attached hydrogens (tertiary/aromatic N) is 2. The van der Waals surface area contributed by atoms with Crippen molar-refractivity contribution < 1.29 is 13.2 Å². The fraction of sp³-hybridized carbons (Fsp3) is 0.0769. The van der Waals surface area contributed by atoms with Gasteiger partial charge in [0.25, 0.3) is 0 Å². The Hall–Kier alpha value is -2.35. The van der Waals surface area contributed by atoms with Gasteiger partial charge >= 0.3 is 6.18 Å². The van der Waals surface area contributed by atoms with Crippen molar-refractivity contribution in [2.45, 2.75) is 6.18 Å². The van der Waals surface area contributed by atoms with Crippen LogP contribution in [0.3, 0.4) is 0 Å². The van der Waals surface area contributed by atoms with Crippen LogP contribution in [-0.2, 0) is 6.18 Å². The SMILES string of the molecule is C#Cc1ccc(-c2nccc(C(F)(F)F)n2)cc1. The van der Waals surface area contributed by atoms with E-state index in [9.17, 15) is 13.2 Å². The molecule has 1 aromatic carbocycles. The van der Waals surface area contributed by atoms with Crippen molar-refractivity contribution in [1.29, 1.82) is 0 Å². The molecule has 18 heavy (non-hydrogen) atoms. The molecular formula is C13H7F3N2. The van der Waals surface area contributed by atoms with E-state index < -0.39 is 11.9 Å². The summed E-state index contributed by atoms with van der Waals surface area (Å²) in [4.78, 5) is 7.30. The van der Waals surface area contributed by atoms with Gasteiger partial charge in [-0.05, 0) is 30.3 Å². The summed E-state index contributed by atoms with van der Waals surface area (Å²) < 4.78 is 37.5. The third-order valence-corrected chi connectivity index (χ3v) is 2.26. The Labute approximate surface area is 102 Å². The monoisotopic (exact) mass is 248 g/mol. The predicted molar refractivity (Wildman–Crippen MR) is 60.4 cm³/mol. The van der Waals surface area contributed by atoms with Crippen molar-refractivity contribution in [2.24, 2.45) is 0 Å². The molecule has 5 heteroatoms. The van der Waals surface area contributed by atoms with Gasteiger partial charge in [-0.2, -0.15) is 13.2 Å². The summed E-state index contributed by atoms with van der Waals surface area (Å²) in [6.45, 7) is 0.